The van der Waals surface area contributed by atoms with Crippen molar-refractivity contribution in [3.8, 4) is 5.75 Å². The van der Waals surface area contributed by atoms with Crippen molar-refractivity contribution in [3.63, 3.8) is 0 Å². The predicted molar refractivity (Wildman–Crippen MR) is 120 cm³/mol. The number of anilines is 1. The van der Waals surface area contributed by atoms with Gasteiger partial charge in [-0.05, 0) is 56.0 Å². The second kappa shape index (κ2) is 10.1. The quantitative estimate of drug-likeness (QED) is 0.664. The van der Waals surface area contributed by atoms with Gasteiger partial charge in [0.25, 0.3) is 0 Å². The summed E-state index contributed by atoms with van der Waals surface area (Å²) in [7, 11) is 1.76. The van der Waals surface area contributed by atoms with E-state index in [1.807, 2.05) is 18.3 Å². The van der Waals surface area contributed by atoms with Crippen molar-refractivity contribution in [1.82, 2.24) is 9.88 Å². The van der Waals surface area contributed by atoms with Gasteiger partial charge in [0, 0.05) is 44.0 Å². The maximum absolute atomic E-state index is 5.56. The normalized spacial score (nSPS) is 19.8. The Bertz CT molecular complexity index is 737. The van der Waals surface area contributed by atoms with E-state index in [0.29, 0.717) is 5.92 Å². The van der Waals surface area contributed by atoms with Gasteiger partial charge in [-0.1, -0.05) is 37.5 Å². The fourth-order valence-electron chi connectivity index (χ4n) is 5.18. The molecule has 2 aliphatic rings. The number of rotatable bonds is 7. The minimum Gasteiger partial charge on any atom is -0.495 e. The van der Waals surface area contributed by atoms with Crippen LogP contribution in [-0.4, -0.2) is 49.7 Å². The summed E-state index contributed by atoms with van der Waals surface area (Å²) in [4.78, 5) is 9.86. The zero-order valence-electron chi connectivity index (χ0n) is 17.8. The highest BCUT2D eigenvalue weighted by Crippen LogP contribution is 2.37. The van der Waals surface area contributed by atoms with Crippen molar-refractivity contribution in [1.29, 1.82) is 0 Å². The third-order valence-electron chi connectivity index (χ3n) is 6.84. The van der Waals surface area contributed by atoms with Gasteiger partial charge in [-0.25, -0.2) is 0 Å². The Balaban J connectivity index is 1.34. The Kier molecular flexibility index (Phi) is 7.04. The molecule has 1 atom stereocenters. The molecule has 4 nitrogen and oxygen atoms in total. The van der Waals surface area contributed by atoms with Crippen LogP contribution in [0.5, 0.6) is 5.75 Å². The van der Waals surface area contributed by atoms with Crippen LogP contribution in [0.4, 0.5) is 5.69 Å². The van der Waals surface area contributed by atoms with Gasteiger partial charge in [-0.2, -0.15) is 0 Å². The van der Waals surface area contributed by atoms with Gasteiger partial charge in [0.1, 0.15) is 5.75 Å². The van der Waals surface area contributed by atoms with Crippen LogP contribution in [0, 0.1) is 5.92 Å². The van der Waals surface area contributed by atoms with Crippen molar-refractivity contribution in [2.24, 2.45) is 5.92 Å². The Morgan fingerprint density at radius 3 is 2.45 bits per heavy atom. The molecule has 1 aromatic heterocycles. The Morgan fingerprint density at radius 1 is 0.966 bits per heavy atom. The van der Waals surface area contributed by atoms with E-state index in [4.69, 9.17) is 9.72 Å². The van der Waals surface area contributed by atoms with Crippen LogP contribution in [0.1, 0.15) is 50.1 Å². The van der Waals surface area contributed by atoms with Gasteiger partial charge in [-0.15, -0.1) is 0 Å². The van der Waals surface area contributed by atoms with Crippen LogP contribution in [0.3, 0.4) is 0 Å². The summed E-state index contributed by atoms with van der Waals surface area (Å²) in [5.41, 5.74) is 2.54. The zero-order valence-corrected chi connectivity index (χ0v) is 17.8. The smallest absolute Gasteiger partial charge is 0.142 e. The minimum absolute atomic E-state index is 0.615. The second-order valence-electron chi connectivity index (χ2n) is 8.55. The summed E-state index contributed by atoms with van der Waals surface area (Å²) in [5, 5.41) is 0. The molecular formula is C25H35N3O. The second-order valence-corrected chi connectivity index (χ2v) is 8.55. The van der Waals surface area contributed by atoms with Crippen LogP contribution in [0.15, 0.2) is 48.7 Å². The number of aromatic nitrogens is 1. The Labute approximate surface area is 175 Å². The topological polar surface area (TPSA) is 28.6 Å². The maximum Gasteiger partial charge on any atom is 0.142 e. The maximum atomic E-state index is 5.56. The molecule has 29 heavy (non-hydrogen) atoms. The van der Waals surface area contributed by atoms with Gasteiger partial charge in [0.2, 0.25) is 0 Å². The molecule has 1 aromatic carbocycles. The lowest BCUT2D eigenvalue weighted by Gasteiger charge is -2.38. The van der Waals surface area contributed by atoms with E-state index >= 15 is 0 Å². The molecule has 0 bridgehead atoms. The molecule has 0 N–H and O–H groups in total. The molecule has 2 aromatic rings. The number of para-hydroxylation sites is 2. The van der Waals surface area contributed by atoms with E-state index in [9.17, 15) is 0 Å². The third kappa shape index (κ3) is 5.11. The molecule has 0 spiro atoms. The van der Waals surface area contributed by atoms with E-state index in [0.717, 1.165) is 37.8 Å². The van der Waals surface area contributed by atoms with Crippen LogP contribution in [0.2, 0.25) is 0 Å². The number of hydrogen-bond acceptors (Lipinski definition) is 4. The molecule has 1 saturated heterocycles. The van der Waals surface area contributed by atoms with Gasteiger partial charge < -0.3 is 9.64 Å². The minimum atomic E-state index is 0.615. The zero-order chi connectivity index (χ0) is 19.9. The molecule has 0 amide bonds. The SMILES string of the molecule is COc1ccccc1N1CCN(CCC(c2ccccn2)C2CCCCC2)CC1. The Hall–Kier alpha value is -2.07. The first-order valence-electron chi connectivity index (χ1n) is 11.4. The third-order valence-corrected chi connectivity index (χ3v) is 6.84. The molecule has 1 aliphatic carbocycles. The highest BCUT2D eigenvalue weighted by atomic mass is 16.5. The molecule has 2 heterocycles. The van der Waals surface area contributed by atoms with E-state index in [1.165, 1.54) is 56.5 Å². The monoisotopic (exact) mass is 393 g/mol. The number of ether oxygens (including phenoxy) is 1. The first-order valence-corrected chi connectivity index (χ1v) is 11.4. The van der Waals surface area contributed by atoms with Crippen LogP contribution >= 0.6 is 0 Å². The number of nitrogens with zero attached hydrogens (tertiary/aromatic N) is 3. The van der Waals surface area contributed by atoms with Crippen molar-refractivity contribution in [3.05, 3.63) is 54.4 Å². The van der Waals surface area contributed by atoms with Crippen molar-refractivity contribution in [2.45, 2.75) is 44.4 Å². The first kappa shape index (κ1) is 20.2. The number of hydrogen-bond donors (Lipinski definition) is 0. The largest absolute Gasteiger partial charge is 0.495 e. The summed E-state index contributed by atoms with van der Waals surface area (Å²) in [6.45, 7) is 5.56. The van der Waals surface area contributed by atoms with Crippen LogP contribution in [0.25, 0.3) is 0 Å². The van der Waals surface area contributed by atoms with E-state index in [-0.39, 0.29) is 0 Å². The molecule has 1 unspecified atom stereocenters. The summed E-state index contributed by atoms with van der Waals surface area (Å²) in [5.74, 6) is 2.41. The molecule has 4 rings (SSSR count). The predicted octanol–water partition coefficient (Wildman–Crippen LogP) is 4.97. The lowest BCUT2D eigenvalue weighted by molar-refractivity contribution is 0.220. The number of pyridine rings is 1. The lowest BCUT2D eigenvalue weighted by Crippen LogP contribution is -2.47. The highest BCUT2D eigenvalue weighted by Gasteiger charge is 2.27. The van der Waals surface area contributed by atoms with Gasteiger partial charge in [0.05, 0.1) is 12.8 Å². The fraction of sp³-hybridized carbons (Fsp3) is 0.560. The first-order chi connectivity index (χ1) is 14.3. The van der Waals surface area contributed by atoms with Crippen LogP contribution < -0.4 is 9.64 Å². The molecule has 156 valence electrons. The summed E-state index contributed by atoms with van der Waals surface area (Å²) in [6.07, 6.45) is 10.2. The highest BCUT2D eigenvalue weighted by molar-refractivity contribution is 5.58. The molecular weight excluding hydrogens is 358 g/mol. The van der Waals surface area contributed by atoms with E-state index in [2.05, 4.69) is 40.1 Å². The number of benzene rings is 1. The summed E-state index contributed by atoms with van der Waals surface area (Å²) < 4.78 is 5.56. The van der Waals surface area contributed by atoms with E-state index < -0.39 is 0 Å². The van der Waals surface area contributed by atoms with Crippen LogP contribution in [-0.2, 0) is 0 Å². The number of piperazine rings is 1. The molecule has 0 radical (unpaired) electrons. The van der Waals surface area contributed by atoms with Crippen molar-refractivity contribution in [2.75, 3.05) is 44.7 Å². The fourth-order valence-corrected chi connectivity index (χ4v) is 5.18. The van der Waals surface area contributed by atoms with Crippen molar-refractivity contribution >= 4 is 5.69 Å². The van der Waals surface area contributed by atoms with Gasteiger partial charge in [0.15, 0.2) is 0 Å². The van der Waals surface area contributed by atoms with E-state index in [1.54, 1.807) is 7.11 Å². The summed E-state index contributed by atoms with van der Waals surface area (Å²) >= 11 is 0. The average Bonchev–Trinajstić information content (AvgIpc) is 2.81. The average molecular weight is 394 g/mol. The molecule has 1 aliphatic heterocycles. The summed E-state index contributed by atoms with van der Waals surface area (Å²) in [6, 6.07) is 14.8. The van der Waals surface area contributed by atoms with Gasteiger partial charge >= 0.3 is 0 Å². The molecule has 4 heteroatoms. The molecule has 1 saturated carbocycles. The van der Waals surface area contributed by atoms with Gasteiger partial charge in [-0.3, -0.25) is 9.88 Å². The standard InChI is InChI=1S/C25H35N3O/c1-29-25-13-6-5-12-24(25)28-19-17-27(18-20-28)16-14-22(21-9-3-2-4-10-21)23-11-7-8-15-26-23/h5-8,11-13,15,21-22H,2-4,9-10,14,16-20H2,1H3. The van der Waals surface area contributed by atoms with Crippen molar-refractivity contribution < 1.29 is 4.74 Å². The number of methoxy groups -OCH3 is 1. The Morgan fingerprint density at radius 2 is 1.72 bits per heavy atom. The molecule has 2 fully saturated rings. The lowest BCUT2D eigenvalue weighted by atomic mass is 9.77.